The molecule has 1 amide bonds. The molecule has 0 spiro atoms. The number of likely N-dealkylation sites (N-methyl/N-ethyl adjacent to an activating group) is 1. The first-order valence-electron chi connectivity index (χ1n) is 12.8. The van der Waals surface area contributed by atoms with Crippen LogP contribution in [-0.2, 0) is 25.6 Å². The summed E-state index contributed by atoms with van der Waals surface area (Å²) in [6.45, 7) is 0.520. The van der Waals surface area contributed by atoms with Crippen LogP contribution in [0.25, 0.3) is 0 Å². The van der Waals surface area contributed by atoms with Crippen molar-refractivity contribution in [2.45, 2.75) is 49.7 Å². The summed E-state index contributed by atoms with van der Waals surface area (Å²) in [7, 11) is 2.87. The maximum Gasteiger partial charge on any atom is 0.573 e. The van der Waals surface area contributed by atoms with E-state index >= 15 is 0 Å². The molecular formula is C26H28F3N3O8. The first kappa shape index (κ1) is 28.2. The van der Waals surface area contributed by atoms with E-state index in [-0.39, 0.29) is 24.0 Å². The van der Waals surface area contributed by atoms with Crippen LogP contribution in [0.2, 0.25) is 0 Å². The molecule has 1 aromatic carbocycles. The van der Waals surface area contributed by atoms with Crippen LogP contribution in [0.15, 0.2) is 6.07 Å². The van der Waals surface area contributed by atoms with Crippen LogP contribution in [-0.4, -0.2) is 82.8 Å². The van der Waals surface area contributed by atoms with Gasteiger partial charge in [0.05, 0.1) is 17.5 Å². The number of carbonyl (C=O) groups excluding carboxylic acids is 5. The number of nitrogens with zero attached hydrogens (tertiary/aromatic N) is 1. The lowest BCUT2D eigenvalue weighted by Crippen LogP contribution is -2.74. The molecule has 1 aromatic rings. The van der Waals surface area contributed by atoms with Gasteiger partial charge in [-0.05, 0) is 58.3 Å². The zero-order valence-electron chi connectivity index (χ0n) is 21.6. The third-order valence-corrected chi connectivity index (χ3v) is 8.69. The van der Waals surface area contributed by atoms with Crippen LogP contribution in [0.3, 0.4) is 0 Å². The summed E-state index contributed by atoms with van der Waals surface area (Å²) >= 11 is 0. The van der Waals surface area contributed by atoms with Gasteiger partial charge in [0, 0.05) is 23.1 Å². The number of alkyl halides is 3. The highest BCUT2D eigenvalue weighted by atomic mass is 19.4. The van der Waals surface area contributed by atoms with Gasteiger partial charge in [-0.25, -0.2) is 0 Å². The number of halogens is 3. The topological polar surface area (TPSA) is 176 Å². The molecule has 216 valence electrons. The molecule has 0 aromatic heterocycles. The number of fused-ring (bicyclic) bond motifs is 3. The average molecular weight is 568 g/mol. The summed E-state index contributed by atoms with van der Waals surface area (Å²) in [4.78, 5) is 67.3. The number of nitrogens with two attached hydrogens (primary N) is 1. The average Bonchev–Trinajstić information content (AvgIpc) is 3.36. The molecule has 5 rings (SSSR count). The monoisotopic (exact) mass is 567 g/mol. The number of phenolic OH excluding ortho intramolecular Hbond substituents is 1. The minimum Gasteiger partial charge on any atom is -0.507 e. The summed E-state index contributed by atoms with van der Waals surface area (Å²) < 4.78 is 45.1. The fourth-order valence-electron chi connectivity index (χ4n) is 7.12. The maximum absolute atomic E-state index is 13.8. The minimum atomic E-state index is -5.14. The van der Waals surface area contributed by atoms with Crippen molar-refractivity contribution in [3.05, 3.63) is 22.8 Å². The number of aromatic hydroxyl groups is 1. The number of aliphatic hydroxyl groups is 1. The summed E-state index contributed by atoms with van der Waals surface area (Å²) in [6.07, 6.45) is -4.65. The molecule has 1 heterocycles. The van der Waals surface area contributed by atoms with Crippen molar-refractivity contribution in [1.29, 1.82) is 0 Å². The van der Waals surface area contributed by atoms with Crippen molar-refractivity contribution < 1.29 is 52.1 Å². The van der Waals surface area contributed by atoms with Gasteiger partial charge in [-0.15, -0.1) is 13.2 Å². The van der Waals surface area contributed by atoms with Gasteiger partial charge in [0.15, 0.2) is 34.7 Å². The molecule has 5 N–H and O–H groups in total. The number of rotatable bonds is 4. The molecule has 2 saturated carbocycles. The number of ether oxygens (including phenoxy) is 1. The van der Waals surface area contributed by atoms with Crippen LogP contribution < -0.4 is 15.8 Å². The lowest BCUT2D eigenvalue weighted by molar-refractivity contribution is -0.275. The van der Waals surface area contributed by atoms with Crippen molar-refractivity contribution in [2.24, 2.45) is 29.4 Å². The Morgan fingerprint density at radius 1 is 1.20 bits per heavy atom. The highest BCUT2D eigenvalue weighted by Gasteiger charge is 2.69. The number of hydrogen-bond donors (Lipinski definition) is 4. The lowest BCUT2D eigenvalue weighted by Gasteiger charge is -2.52. The Labute approximate surface area is 225 Å². The maximum atomic E-state index is 13.8. The molecule has 7 unspecified atom stereocenters. The molecular weight excluding hydrogens is 539 g/mol. The highest BCUT2D eigenvalue weighted by molar-refractivity contribution is 6.32. The molecule has 40 heavy (non-hydrogen) atoms. The number of Topliss-reactive ketones (excluding diaryl/α,β-unsaturated/α-hetero) is 4. The number of nitrogens with one attached hydrogen (secondary N) is 1. The first-order chi connectivity index (χ1) is 18.6. The van der Waals surface area contributed by atoms with Gasteiger partial charge in [-0.3, -0.25) is 28.9 Å². The highest BCUT2D eigenvalue weighted by Crippen LogP contribution is 2.53. The van der Waals surface area contributed by atoms with Crippen LogP contribution in [0.1, 0.15) is 46.8 Å². The number of primary amides is 1. The van der Waals surface area contributed by atoms with E-state index < -0.39 is 93.8 Å². The Kier molecular flexibility index (Phi) is 6.58. The second-order valence-electron chi connectivity index (χ2n) is 11.2. The Bertz CT molecular complexity index is 1340. The number of benzene rings is 1. The molecule has 1 saturated heterocycles. The number of amides is 1. The molecule has 0 radical (unpaired) electrons. The molecule has 7 atom stereocenters. The summed E-state index contributed by atoms with van der Waals surface area (Å²) in [6, 6.07) is -0.909. The number of phenols is 1. The lowest BCUT2D eigenvalue weighted by atomic mass is 9.52. The fraction of sp³-hybridized carbons (Fsp3) is 0.577. The standard InChI is InChI=1S/C26H28F3N3O8/c1-32(2)18-12-7-9-6-11-16(14(33)8-10(13-4-3-5-31-13)21(11)40-26(27,28)29)19(34)15(9)22(36)25(12,39)23(37)17(20(18)35)24(30)38/h8-9,12-13,15,17-18,31,33,39H,3-7H2,1-2H3,(H2,30,38). The Hall–Kier alpha value is -3.36. The van der Waals surface area contributed by atoms with Gasteiger partial charge in [-0.1, -0.05) is 0 Å². The minimum absolute atomic E-state index is 0.00876. The molecule has 3 fully saturated rings. The molecule has 0 bridgehead atoms. The summed E-state index contributed by atoms with van der Waals surface area (Å²) in [5, 5.41) is 25.5. The second kappa shape index (κ2) is 9.35. The van der Waals surface area contributed by atoms with Gasteiger partial charge in [0.1, 0.15) is 11.5 Å². The predicted molar refractivity (Wildman–Crippen MR) is 128 cm³/mol. The largest absolute Gasteiger partial charge is 0.573 e. The van der Waals surface area contributed by atoms with Gasteiger partial charge >= 0.3 is 6.36 Å². The van der Waals surface area contributed by atoms with E-state index in [0.29, 0.717) is 19.4 Å². The van der Waals surface area contributed by atoms with Crippen LogP contribution >= 0.6 is 0 Å². The Balaban J connectivity index is 1.67. The third-order valence-electron chi connectivity index (χ3n) is 8.69. The van der Waals surface area contributed by atoms with E-state index in [2.05, 4.69) is 10.1 Å². The second-order valence-corrected chi connectivity index (χ2v) is 11.2. The first-order valence-corrected chi connectivity index (χ1v) is 12.8. The molecule has 3 aliphatic carbocycles. The fourth-order valence-corrected chi connectivity index (χ4v) is 7.12. The van der Waals surface area contributed by atoms with Gasteiger partial charge in [0.25, 0.3) is 0 Å². The summed E-state index contributed by atoms with van der Waals surface area (Å²) in [5.74, 6) is -13.7. The van der Waals surface area contributed by atoms with Crippen molar-refractivity contribution >= 4 is 29.0 Å². The smallest absolute Gasteiger partial charge is 0.507 e. The SMILES string of the molecule is CN(C)C1C(=O)C(C(N)=O)C(=O)C2(O)C(=O)C3C(=O)c4c(O)cc(C5CCCN5)c(OC(F)(F)F)c4CC3CC12. The molecule has 11 nitrogen and oxygen atoms in total. The number of carbonyl (C=O) groups is 5. The number of ketones is 4. The van der Waals surface area contributed by atoms with E-state index in [1.165, 1.54) is 19.0 Å². The molecule has 14 heteroatoms. The van der Waals surface area contributed by atoms with E-state index in [9.17, 15) is 47.4 Å². The van der Waals surface area contributed by atoms with Crippen molar-refractivity contribution in [3.63, 3.8) is 0 Å². The summed E-state index contributed by atoms with van der Waals surface area (Å²) in [5.41, 5.74) is 1.56. The molecule has 4 aliphatic rings. The Morgan fingerprint density at radius 3 is 2.42 bits per heavy atom. The number of hydrogen-bond acceptors (Lipinski definition) is 10. The third kappa shape index (κ3) is 4.03. The van der Waals surface area contributed by atoms with Crippen LogP contribution in [0, 0.1) is 23.7 Å². The zero-order valence-corrected chi connectivity index (χ0v) is 21.6. The predicted octanol–water partition coefficient (Wildman–Crippen LogP) is 0.190. The van der Waals surface area contributed by atoms with Crippen LogP contribution in [0.5, 0.6) is 11.5 Å². The zero-order chi connectivity index (χ0) is 29.5. The van der Waals surface area contributed by atoms with E-state index in [1.807, 2.05) is 0 Å². The van der Waals surface area contributed by atoms with E-state index in [1.54, 1.807) is 0 Å². The quantitative estimate of drug-likeness (QED) is 0.368. The van der Waals surface area contributed by atoms with Crippen molar-refractivity contribution in [1.82, 2.24) is 10.2 Å². The van der Waals surface area contributed by atoms with E-state index in [4.69, 9.17) is 5.73 Å². The van der Waals surface area contributed by atoms with Crippen molar-refractivity contribution in [2.75, 3.05) is 20.6 Å². The normalized spacial score (nSPS) is 34.0. The van der Waals surface area contributed by atoms with Gasteiger partial charge in [-0.2, -0.15) is 0 Å². The van der Waals surface area contributed by atoms with Crippen molar-refractivity contribution in [3.8, 4) is 11.5 Å². The van der Waals surface area contributed by atoms with Gasteiger partial charge in [0.2, 0.25) is 5.91 Å². The van der Waals surface area contributed by atoms with Crippen LogP contribution in [0.4, 0.5) is 13.2 Å². The molecule has 1 aliphatic heterocycles. The van der Waals surface area contributed by atoms with E-state index in [0.717, 1.165) is 6.07 Å². The van der Waals surface area contributed by atoms with Gasteiger partial charge < -0.3 is 26.0 Å². The Morgan fingerprint density at radius 2 is 1.88 bits per heavy atom.